The molecule has 1 unspecified atom stereocenters. The summed E-state index contributed by atoms with van der Waals surface area (Å²) in [6.07, 6.45) is 0.665. The van der Waals surface area contributed by atoms with E-state index in [4.69, 9.17) is 0 Å². The highest BCUT2D eigenvalue weighted by molar-refractivity contribution is 6.04. The van der Waals surface area contributed by atoms with Gasteiger partial charge in [0, 0.05) is 11.3 Å². The van der Waals surface area contributed by atoms with Gasteiger partial charge in [0.25, 0.3) is 5.91 Å². The van der Waals surface area contributed by atoms with Crippen LogP contribution < -0.4 is 5.32 Å². The monoisotopic (exact) mass is 356 g/mol. The molecule has 2 rings (SSSR count). The molecule has 138 valence electrons. The molecule has 26 heavy (non-hydrogen) atoms. The first-order valence-corrected chi connectivity index (χ1v) is 8.62. The number of nitrogens with one attached hydrogen (secondary N) is 2. The number of aliphatic carboxylic acids is 1. The van der Waals surface area contributed by atoms with E-state index in [1.807, 2.05) is 6.92 Å². The van der Waals surface area contributed by atoms with E-state index in [0.29, 0.717) is 28.8 Å². The second-order valence-electron chi connectivity index (χ2n) is 6.27. The van der Waals surface area contributed by atoms with Gasteiger partial charge in [-0.15, -0.1) is 0 Å². The Kier molecular flexibility index (Phi) is 5.65. The first kappa shape index (κ1) is 19.4. The van der Waals surface area contributed by atoms with Gasteiger partial charge in [-0.05, 0) is 37.8 Å². The fourth-order valence-corrected chi connectivity index (χ4v) is 3.37. The number of benzene rings is 1. The third-order valence-electron chi connectivity index (χ3n) is 4.71. The molecule has 1 heterocycles. The van der Waals surface area contributed by atoms with Crippen LogP contribution in [0.1, 0.15) is 64.9 Å². The molecule has 0 aliphatic heterocycles. The molecule has 0 radical (unpaired) electrons. The summed E-state index contributed by atoms with van der Waals surface area (Å²) in [7, 11) is 0. The molecule has 1 atom stereocenters. The van der Waals surface area contributed by atoms with Crippen molar-refractivity contribution < 1.29 is 19.5 Å². The van der Waals surface area contributed by atoms with Crippen LogP contribution in [0.3, 0.4) is 0 Å². The van der Waals surface area contributed by atoms with Crippen molar-refractivity contribution in [1.82, 2.24) is 10.3 Å². The Labute approximate surface area is 152 Å². The van der Waals surface area contributed by atoms with Crippen molar-refractivity contribution in [2.45, 2.75) is 46.1 Å². The zero-order valence-electron chi connectivity index (χ0n) is 15.5. The van der Waals surface area contributed by atoms with Gasteiger partial charge in [0.05, 0.1) is 0 Å². The maximum atomic E-state index is 12.9. The maximum absolute atomic E-state index is 12.9. The summed E-state index contributed by atoms with van der Waals surface area (Å²) in [5.41, 5.74) is 0.905. The van der Waals surface area contributed by atoms with E-state index < -0.39 is 17.4 Å². The van der Waals surface area contributed by atoms with Crippen molar-refractivity contribution in [3.8, 4) is 0 Å². The number of aryl methyl sites for hydroxylation is 1. The molecule has 0 saturated carbocycles. The fourth-order valence-electron chi connectivity index (χ4n) is 3.37. The Morgan fingerprint density at radius 3 is 2.23 bits per heavy atom. The van der Waals surface area contributed by atoms with Crippen molar-refractivity contribution in [1.29, 1.82) is 0 Å². The lowest BCUT2D eigenvalue weighted by molar-refractivity contribution is -0.145. The van der Waals surface area contributed by atoms with E-state index in [0.717, 1.165) is 0 Å². The first-order valence-electron chi connectivity index (χ1n) is 8.62. The van der Waals surface area contributed by atoms with Gasteiger partial charge < -0.3 is 15.4 Å². The number of aromatic nitrogens is 1. The van der Waals surface area contributed by atoms with Gasteiger partial charge in [0.2, 0.25) is 0 Å². The molecule has 0 aliphatic rings. The molecule has 1 aromatic heterocycles. The Bertz CT molecular complexity index is 839. The predicted octanol–water partition coefficient (Wildman–Crippen LogP) is 3.21. The third kappa shape index (κ3) is 3.27. The highest BCUT2D eigenvalue weighted by Crippen LogP contribution is 2.27. The number of hydrogen-bond donors (Lipinski definition) is 3. The van der Waals surface area contributed by atoms with Crippen LogP contribution >= 0.6 is 0 Å². The second-order valence-corrected chi connectivity index (χ2v) is 6.27. The lowest BCUT2D eigenvalue weighted by Gasteiger charge is -2.30. The summed E-state index contributed by atoms with van der Waals surface area (Å²) in [5.74, 6) is -1.80. The van der Waals surface area contributed by atoms with Crippen LogP contribution in [0.2, 0.25) is 0 Å². The van der Waals surface area contributed by atoms with Gasteiger partial charge in [-0.2, -0.15) is 0 Å². The van der Waals surface area contributed by atoms with Crippen LogP contribution in [0.25, 0.3) is 0 Å². The highest BCUT2D eigenvalue weighted by Gasteiger charge is 2.41. The van der Waals surface area contributed by atoms with E-state index >= 15 is 0 Å². The minimum Gasteiger partial charge on any atom is -0.479 e. The number of aromatic amines is 1. The van der Waals surface area contributed by atoms with Gasteiger partial charge in [-0.3, -0.25) is 9.59 Å². The lowest BCUT2D eigenvalue weighted by atomic mass is 9.87. The number of amides is 1. The number of hydrogen-bond acceptors (Lipinski definition) is 3. The van der Waals surface area contributed by atoms with Gasteiger partial charge in [-0.25, -0.2) is 4.79 Å². The molecule has 6 nitrogen and oxygen atoms in total. The Morgan fingerprint density at radius 2 is 1.77 bits per heavy atom. The average molecular weight is 356 g/mol. The van der Waals surface area contributed by atoms with Crippen LogP contribution in [-0.2, 0) is 16.8 Å². The van der Waals surface area contributed by atoms with Crippen molar-refractivity contribution in [2.24, 2.45) is 0 Å². The fraction of sp³-hybridized carbons (Fsp3) is 0.350. The second kappa shape index (κ2) is 7.56. The van der Waals surface area contributed by atoms with E-state index in [1.54, 1.807) is 44.2 Å². The summed E-state index contributed by atoms with van der Waals surface area (Å²) in [6.45, 7) is 6.75. The van der Waals surface area contributed by atoms with E-state index in [9.17, 15) is 19.5 Å². The van der Waals surface area contributed by atoms with Crippen molar-refractivity contribution in [3.05, 3.63) is 58.4 Å². The van der Waals surface area contributed by atoms with E-state index in [2.05, 4.69) is 10.3 Å². The maximum Gasteiger partial charge on any atom is 0.334 e. The number of H-pyrrole nitrogens is 1. The SMILES string of the molecule is CCc1c(C(=O)NC(CC)(C(=O)O)c2ccccc2)[nH]c(C)c1C(C)=O. The number of carboxylic acids is 1. The minimum atomic E-state index is -1.54. The molecule has 1 aromatic carbocycles. The molecule has 0 aliphatic carbocycles. The Balaban J connectivity index is 2.51. The van der Waals surface area contributed by atoms with Gasteiger partial charge in [0.15, 0.2) is 11.3 Å². The van der Waals surface area contributed by atoms with Crippen LogP contribution in [-0.4, -0.2) is 27.8 Å². The van der Waals surface area contributed by atoms with Crippen molar-refractivity contribution in [2.75, 3.05) is 0 Å². The molecular formula is C20H24N2O4. The summed E-state index contributed by atoms with van der Waals surface area (Å²) in [6, 6.07) is 8.62. The van der Waals surface area contributed by atoms with Crippen LogP contribution in [0.15, 0.2) is 30.3 Å². The van der Waals surface area contributed by atoms with Gasteiger partial charge >= 0.3 is 5.97 Å². The van der Waals surface area contributed by atoms with E-state index in [1.165, 1.54) is 6.92 Å². The molecule has 0 fully saturated rings. The smallest absolute Gasteiger partial charge is 0.334 e. The molecular weight excluding hydrogens is 332 g/mol. The quantitative estimate of drug-likeness (QED) is 0.663. The Hall–Kier alpha value is -2.89. The number of Topliss-reactive ketones (excluding diaryl/α,β-unsaturated/α-hetero) is 1. The van der Waals surface area contributed by atoms with E-state index in [-0.39, 0.29) is 17.9 Å². The summed E-state index contributed by atoms with van der Waals surface area (Å²) in [4.78, 5) is 39.9. The first-order chi connectivity index (χ1) is 12.3. The van der Waals surface area contributed by atoms with Gasteiger partial charge in [-0.1, -0.05) is 44.2 Å². The number of carbonyl (C=O) groups is 3. The molecule has 6 heteroatoms. The van der Waals surface area contributed by atoms with Crippen molar-refractivity contribution >= 4 is 17.7 Å². The lowest BCUT2D eigenvalue weighted by Crippen LogP contribution is -2.51. The average Bonchev–Trinajstić information content (AvgIpc) is 2.96. The Morgan fingerprint density at radius 1 is 1.15 bits per heavy atom. The molecule has 2 aromatic rings. The highest BCUT2D eigenvalue weighted by atomic mass is 16.4. The number of ketones is 1. The zero-order chi connectivity index (χ0) is 19.5. The number of rotatable bonds is 7. The van der Waals surface area contributed by atoms with Crippen LogP contribution in [0.4, 0.5) is 0 Å². The van der Waals surface area contributed by atoms with Crippen molar-refractivity contribution in [3.63, 3.8) is 0 Å². The predicted molar refractivity (Wildman–Crippen MR) is 98.4 cm³/mol. The summed E-state index contributed by atoms with van der Waals surface area (Å²) in [5, 5.41) is 12.6. The molecule has 1 amide bonds. The van der Waals surface area contributed by atoms with Gasteiger partial charge in [0.1, 0.15) is 5.69 Å². The largest absolute Gasteiger partial charge is 0.479 e. The zero-order valence-corrected chi connectivity index (χ0v) is 15.5. The number of carbonyl (C=O) groups excluding carboxylic acids is 2. The topological polar surface area (TPSA) is 99.3 Å². The third-order valence-corrected chi connectivity index (χ3v) is 4.71. The molecule has 3 N–H and O–H groups in total. The molecule has 0 spiro atoms. The summed E-state index contributed by atoms with van der Waals surface area (Å²) < 4.78 is 0. The summed E-state index contributed by atoms with van der Waals surface area (Å²) >= 11 is 0. The number of carboxylic acid groups (broad SMARTS) is 1. The molecule has 0 saturated heterocycles. The van der Waals surface area contributed by atoms with Crippen LogP contribution in [0, 0.1) is 6.92 Å². The molecule has 0 bridgehead atoms. The standard InChI is InChI=1S/C20H24N2O4/c1-5-15-16(13(4)23)12(3)21-17(15)18(24)22-20(6-2,19(25)26)14-10-8-7-9-11-14/h7-11,21H,5-6H2,1-4H3,(H,22,24)(H,25,26). The minimum absolute atomic E-state index is 0.127. The van der Waals surface area contributed by atoms with Crippen LogP contribution in [0.5, 0.6) is 0 Å². The normalized spacial score (nSPS) is 13.1.